The highest BCUT2D eigenvalue weighted by molar-refractivity contribution is 5.81. The topological polar surface area (TPSA) is 74.7 Å². The zero-order valence-electron chi connectivity index (χ0n) is 15.2. The number of allylic oxidation sites excluding steroid dienone is 1. The van der Waals surface area contributed by atoms with Crippen molar-refractivity contribution >= 4 is 12.2 Å². The van der Waals surface area contributed by atoms with Crippen LogP contribution >= 0.6 is 0 Å². The van der Waals surface area contributed by atoms with Crippen molar-refractivity contribution in [2.45, 2.75) is 33.6 Å². The van der Waals surface area contributed by atoms with E-state index in [-0.39, 0.29) is 0 Å². The van der Waals surface area contributed by atoms with Gasteiger partial charge in [0.25, 0.3) is 0 Å². The molecule has 2 N–H and O–H groups in total. The van der Waals surface area contributed by atoms with Crippen LogP contribution in [0.2, 0.25) is 0 Å². The van der Waals surface area contributed by atoms with Crippen molar-refractivity contribution < 1.29 is 9.47 Å². The lowest BCUT2D eigenvalue weighted by molar-refractivity contribution is 0.275. The van der Waals surface area contributed by atoms with Gasteiger partial charge in [0.05, 0.1) is 31.3 Å². The van der Waals surface area contributed by atoms with Crippen LogP contribution in [0, 0.1) is 6.92 Å². The molecule has 1 aromatic carbocycles. The molecule has 0 fully saturated rings. The third-order valence-electron chi connectivity index (χ3n) is 3.43. The van der Waals surface area contributed by atoms with Crippen molar-refractivity contribution in [3.05, 3.63) is 47.8 Å². The van der Waals surface area contributed by atoms with Gasteiger partial charge < -0.3 is 15.2 Å². The molecule has 6 nitrogen and oxygen atoms in total. The standard InChI is InChI=1S/C19H26N4O2/c1-5-8-16-10-15(12-21-23-13-14(4)22-19(23)20)11-17(24-7-3)18(16)25-9-6-2/h5,10-13H,1,6-9H2,2-4H3,(H2,20,22). The SMILES string of the molecule is C=CCc1cc(C=Nn2cc(C)nc2N)cc(OCC)c1OCCC. The summed E-state index contributed by atoms with van der Waals surface area (Å²) in [5, 5.41) is 4.37. The molecule has 2 aromatic rings. The zero-order valence-corrected chi connectivity index (χ0v) is 15.2. The molecule has 0 aliphatic carbocycles. The Morgan fingerprint density at radius 3 is 2.72 bits per heavy atom. The fraction of sp³-hybridized carbons (Fsp3) is 0.368. The second-order valence-electron chi connectivity index (χ2n) is 5.61. The Labute approximate surface area is 149 Å². The molecule has 0 aliphatic heterocycles. The van der Waals surface area contributed by atoms with Crippen LogP contribution in [0.3, 0.4) is 0 Å². The van der Waals surface area contributed by atoms with Gasteiger partial charge in [-0.1, -0.05) is 13.0 Å². The Morgan fingerprint density at radius 2 is 2.12 bits per heavy atom. The number of benzene rings is 1. The summed E-state index contributed by atoms with van der Waals surface area (Å²) in [6.07, 6.45) is 6.98. The molecule has 0 spiro atoms. The maximum absolute atomic E-state index is 5.91. The summed E-state index contributed by atoms with van der Waals surface area (Å²) in [7, 11) is 0. The van der Waals surface area contributed by atoms with Gasteiger partial charge in [-0.3, -0.25) is 0 Å². The molecule has 0 atom stereocenters. The molecular weight excluding hydrogens is 316 g/mol. The maximum atomic E-state index is 5.91. The largest absolute Gasteiger partial charge is 0.490 e. The van der Waals surface area contributed by atoms with Crippen LogP contribution in [0.15, 0.2) is 36.1 Å². The molecule has 134 valence electrons. The molecule has 1 aromatic heterocycles. The summed E-state index contributed by atoms with van der Waals surface area (Å²) in [5.41, 5.74) is 8.56. The molecule has 0 unspecified atom stereocenters. The van der Waals surface area contributed by atoms with Crippen LogP contribution in [0.1, 0.15) is 37.1 Å². The van der Waals surface area contributed by atoms with E-state index in [0.717, 1.165) is 29.0 Å². The van der Waals surface area contributed by atoms with Gasteiger partial charge in [0.2, 0.25) is 5.95 Å². The van der Waals surface area contributed by atoms with Gasteiger partial charge in [-0.2, -0.15) is 5.10 Å². The van der Waals surface area contributed by atoms with Crippen LogP contribution < -0.4 is 15.2 Å². The molecule has 0 radical (unpaired) electrons. The highest BCUT2D eigenvalue weighted by Crippen LogP contribution is 2.33. The van der Waals surface area contributed by atoms with Crippen molar-refractivity contribution in [3.8, 4) is 11.5 Å². The van der Waals surface area contributed by atoms with Crippen LogP contribution in [0.5, 0.6) is 11.5 Å². The van der Waals surface area contributed by atoms with E-state index in [9.17, 15) is 0 Å². The molecule has 0 amide bonds. The molecule has 6 heteroatoms. The van der Waals surface area contributed by atoms with Crippen molar-refractivity contribution in [1.29, 1.82) is 0 Å². The molecule has 0 aliphatic rings. The molecule has 0 saturated carbocycles. The first-order valence-corrected chi connectivity index (χ1v) is 8.48. The molecular formula is C19H26N4O2. The number of aryl methyl sites for hydroxylation is 1. The summed E-state index contributed by atoms with van der Waals surface area (Å²) >= 11 is 0. The number of anilines is 1. The van der Waals surface area contributed by atoms with Gasteiger partial charge in [-0.15, -0.1) is 6.58 Å². The average molecular weight is 342 g/mol. The Kier molecular flexibility index (Phi) is 6.62. The number of aromatic nitrogens is 2. The third kappa shape index (κ3) is 4.86. The van der Waals surface area contributed by atoms with Crippen LogP contribution in [0.25, 0.3) is 0 Å². The van der Waals surface area contributed by atoms with E-state index in [1.165, 1.54) is 0 Å². The first kappa shape index (κ1) is 18.6. The minimum absolute atomic E-state index is 0.355. The highest BCUT2D eigenvalue weighted by atomic mass is 16.5. The van der Waals surface area contributed by atoms with Crippen LogP contribution in [-0.4, -0.2) is 29.1 Å². The van der Waals surface area contributed by atoms with Crippen molar-refractivity contribution in [2.24, 2.45) is 5.10 Å². The molecule has 25 heavy (non-hydrogen) atoms. The predicted octanol–water partition coefficient (Wildman–Crippen LogP) is 3.57. The second-order valence-corrected chi connectivity index (χ2v) is 5.61. The van der Waals surface area contributed by atoms with Crippen molar-refractivity contribution in [1.82, 2.24) is 9.66 Å². The Balaban J connectivity index is 2.40. The number of hydrogen-bond acceptors (Lipinski definition) is 5. The highest BCUT2D eigenvalue weighted by Gasteiger charge is 2.12. The molecule has 0 bridgehead atoms. The maximum Gasteiger partial charge on any atom is 0.221 e. The minimum Gasteiger partial charge on any atom is -0.490 e. The zero-order chi connectivity index (χ0) is 18.2. The summed E-state index contributed by atoms with van der Waals surface area (Å²) in [5.74, 6) is 1.85. The summed E-state index contributed by atoms with van der Waals surface area (Å²) in [4.78, 5) is 4.13. The van der Waals surface area contributed by atoms with Gasteiger partial charge >= 0.3 is 0 Å². The van der Waals surface area contributed by atoms with Crippen molar-refractivity contribution in [3.63, 3.8) is 0 Å². The lowest BCUT2D eigenvalue weighted by Crippen LogP contribution is -2.04. The van der Waals surface area contributed by atoms with Gasteiger partial charge in [0.15, 0.2) is 11.5 Å². The summed E-state index contributed by atoms with van der Waals surface area (Å²) < 4.78 is 13.2. The van der Waals surface area contributed by atoms with Gasteiger partial charge in [-0.05, 0) is 44.4 Å². The van der Waals surface area contributed by atoms with E-state index >= 15 is 0 Å². The number of hydrogen-bond donors (Lipinski definition) is 1. The monoisotopic (exact) mass is 342 g/mol. The quantitative estimate of drug-likeness (QED) is 0.558. The Bertz CT molecular complexity index is 750. The Morgan fingerprint density at radius 1 is 1.32 bits per heavy atom. The fourth-order valence-electron chi connectivity index (χ4n) is 2.42. The summed E-state index contributed by atoms with van der Waals surface area (Å²) in [6, 6.07) is 3.95. The van der Waals surface area contributed by atoms with E-state index in [1.807, 2.05) is 32.1 Å². The number of rotatable bonds is 9. The van der Waals surface area contributed by atoms with Gasteiger partial charge in [0.1, 0.15) is 0 Å². The van der Waals surface area contributed by atoms with E-state index in [4.69, 9.17) is 15.2 Å². The molecule has 1 heterocycles. The third-order valence-corrected chi connectivity index (χ3v) is 3.43. The second kappa shape index (κ2) is 8.92. The van der Waals surface area contributed by atoms with E-state index in [0.29, 0.717) is 31.3 Å². The molecule has 2 rings (SSSR count). The lowest BCUT2D eigenvalue weighted by atomic mass is 10.1. The van der Waals surface area contributed by atoms with Crippen molar-refractivity contribution in [2.75, 3.05) is 18.9 Å². The van der Waals surface area contributed by atoms with Gasteiger partial charge in [-0.25, -0.2) is 9.66 Å². The average Bonchev–Trinajstić information content (AvgIpc) is 2.90. The van der Waals surface area contributed by atoms with E-state index in [1.54, 1.807) is 17.1 Å². The van der Waals surface area contributed by atoms with Gasteiger partial charge in [0, 0.05) is 5.56 Å². The molecule has 0 saturated heterocycles. The smallest absolute Gasteiger partial charge is 0.221 e. The lowest BCUT2D eigenvalue weighted by Gasteiger charge is -2.16. The van der Waals surface area contributed by atoms with E-state index < -0.39 is 0 Å². The first-order chi connectivity index (χ1) is 12.1. The predicted molar refractivity (Wildman–Crippen MR) is 102 cm³/mol. The number of nitrogen functional groups attached to an aromatic ring is 1. The number of imidazole rings is 1. The first-order valence-electron chi connectivity index (χ1n) is 8.48. The van der Waals surface area contributed by atoms with Crippen LogP contribution in [-0.2, 0) is 6.42 Å². The Hall–Kier alpha value is -2.76. The number of nitrogens with two attached hydrogens (primary N) is 1. The normalized spacial score (nSPS) is 11.0. The summed E-state index contributed by atoms with van der Waals surface area (Å²) in [6.45, 7) is 10.9. The number of nitrogens with zero attached hydrogens (tertiary/aromatic N) is 3. The van der Waals surface area contributed by atoms with Crippen LogP contribution in [0.4, 0.5) is 5.95 Å². The number of ether oxygens (including phenoxy) is 2. The van der Waals surface area contributed by atoms with E-state index in [2.05, 4.69) is 23.6 Å². The fourth-order valence-corrected chi connectivity index (χ4v) is 2.42. The minimum atomic E-state index is 0.355.